The number of fused-ring (bicyclic) bond motifs is 5. The zero-order valence-electron chi connectivity index (χ0n) is 23.0. The van der Waals surface area contributed by atoms with Gasteiger partial charge in [0.1, 0.15) is 16.9 Å². The predicted octanol–water partition coefficient (Wildman–Crippen LogP) is 6.51. The Bertz CT molecular complexity index is 1580. The second kappa shape index (κ2) is 9.16. The second-order valence-electron chi connectivity index (χ2n) is 11.6. The van der Waals surface area contributed by atoms with Crippen molar-refractivity contribution in [2.45, 2.75) is 38.8 Å². The van der Waals surface area contributed by atoms with Crippen LogP contribution in [0.25, 0.3) is 6.08 Å². The van der Waals surface area contributed by atoms with E-state index in [1.807, 2.05) is 62.1 Å². The molecule has 0 unspecified atom stereocenters. The summed E-state index contributed by atoms with van der Waals surface area (Å²) in [5.41, 5.74) is 0.728. The number of rotatable bonds is 4. The molecule has 204 valence electrons. The molecule has 0 radical (unpaired) electrons. The van der Waals surface area contributed by atoms with Gasteiger partial charge in [-0.25, -0.2) is 0 Å². The largest absolute Gasteiger partial charge is 0.497 e. The van der Waals surface area contributed by atoms with Crippen LogP contribution in [-0.2, 0) is 4.79 Å². The third-order valence-electron chi connectivity index (χ3n) is 8.55. The molecule has 0 bridgehead atoms. The van der Waals surface area contributed by atoms with Crippen LogP contribution in [0, 0.1) is 10.8 Å². The molecule has 7 heteroatoms. The molecule has 3 aliphatic rings. The average Bonchev–Trinajstić information content (AvgIpc) is 3.37. The van der Waals surface area contributed by atoms with Gasteiger partial charge in [-0.15, -0.1) is 0 Å². The lowest BCUT2D eigenvalue weighted by Gasteiger charge is -2.38. The fraction of sp³-hybridized carbons (Fsp3) is 0.303. The van der Waals surface area contributed by atoms with Crippen molar-refractivity contribution in [1.29, 1.82) is 0 Å². The molecule has 6 rings (SSSR count). The lowest BCUT2D eigenvalue weighted by atomic mass is 9.63. The van der Waals surface area contributed by atoms with E-state index in [0.29, 0.717) is 28.2 Å². The molecule has 0 saturated carbocycles. The highest BCUT2D eigenvalue weighted by Crippen LogP contribution is 2.62. The normalized spacial score (nSPS) is 22.2. The number of ether oxygens (including phenoxy) is 2. The molecule has 3 aromatic rings. The third-order valence-corrected chi connectivity index (χ3v) is 9.04. The molecule has 2 heterocycles. The van der Waals surface area contributed by atoms with Gasteiger partial charge in [0.15, 0.2) is 17.3 Å². The highest BCUT2D eigenvalue weighted by molar-refractivity contribution is 9.10. The van der Waals surface area contributed by atoms with Gasteiger partial charge in [-0.3, -0.25) is 14.4 Å². The van der Waals surface area contributed by atoms with Crippen LogP contribution >= 0.6 is 15.9 Å². The van der Waals surface area contributed by atoms with Crippen LogP contribution in [-0.4, -0.2) is 43.7 Å². The summed E-state index contributed by atoms with van der Waals surface area (Å²) in [6, 6.07) is 16.7. The number of ketones is 3. The summed E-state index contributed by atoms with van der Waals surface area (Å²) < 4.78 is 12.3. The topological polar surface area (TPSA) is 72.9 Å². The summed E-state index contributed by atoms with van der Waals surface area (Å²) in [4.78, 5) is 46.1. The van der Waals surface area contributed by atoms with Crippen molar-refractivity contribution in [3.63, 3.8) is 0 Å². The van der Waals surface area contributed by atoms with Gasteiger partial charge in [-0.2, -0.15) is 0 Å². The Balaban J connectivity index is 1.74. The highest BCUT2D eigenvalue weighted by Gasteiger charge is 2.72. The molecule has 1 aliphatic carbocycles. The van der Waals surface area contributed by atoms with E-state index in [0.717, 1.165) is 15.7 Å². The van der Waals surface area contributed by atoms with Gasteiger partial charge in [-0.05, 0) is 42.0 Å². The lowest BCUT2D eigenvalue weighted by molar-refractivity contribution is -0.127. The predicted molar refractivity (Wildman–Crippen MR) is 158 cm³/mol. The van der Waals surface area contributed by atoms with Gasteiger partial charge < -0.3 is 14.4 Å². The number of methoxy groups -OCH3 is 2. The standard InChI is InChI=1S/C33H30BrNO5/c1-32(2,3)31(38)28-27(23-17-20(39-4)12-14-25(23)40-5)33(29(36)21-8-6-7-9-22(21)30(33)37)26-15-10-18-16-19(34)11-13-24(18)35(26)28/h6-17,26-28H,1-5H3/t26-,27-,28+/m1/s1. The number of halogens is 1. The zero-order chi connectivity index (χ0) is 28.6. The smallest absolute Gasteiger partial charge is 0.180 e. The number of nitrogens with zero attached hydrogens (tertiary/aromatic N) is 1. The molecule has 6 nitrogen and oxygen atoms in total. The minimum Gasteiger partial charge on any atom is -0.497 e. The molecule has 1 fully saturated rings. The van der Waals surface area contributed by atoms with Gasteiger partial charge in [-0.1, -0.05) is 73.1 Å². The van der Waals surface area contributed by atoms with Crippen molar-refractivity contribution < 1.29 is 23.9 Å². The van der Waals surface area contributed by atoms with Gasteiger partial charge in [0.2, 0.25) is 0 Å². The molecular weight excluding hydrogens is 570 g/mol. The maximum atomic E-state index is 14.7. The van der Waals surface area contributed by atoms with E-state index in [1.165, 1.54) is 0 Å². The highest BCUT2D eigenvalue weighted by atomic mass is 79.9. The summed E-state index contributed by atoms with van der Waals surface area (Å²) in [7, 11) is 3.12. The van der Waals surface area contributed by atoms with Crippen molar-refractivity contribution in [3.8, 4) is 11.5 Å². The Labute approximate surface area is 242 Å². The first-order valence-corrected chi connectivity index (χ1v) is 14.1. The summed E-state index contributed by atoms with van der Waals surface area (Å²) in [6.07, 6.45) is 3.88. The number of Topliss-reactive ketones (excluding diaryl/α,β-unsaturated/α-hetero) is 3. The number of hydrogen-bond acceptors (Lipinski definition) is 6. The van der Waals surface area contributed by atoms with E-state index >= 15 is 0 Å². The molecule has 3 atom stereocenters. The zero-order valence-corrected chi connectivity index (χ0v) is 24.6. The van der Waals surface area contributed by atoms with Crippen LogP contribution < -0.4 is 14.4 Å². The monoisotopic (exact) mass is 599 g/mol. The Morgan fingerprint density at radius 1 is 0.925 bits per heavy atom. The molecule has 2 aliphatic heterocycles. The van der Waals surface area contributed by atoms with Crippen molar-refractivity contribution >= 4 is 45.0 Å². The van der Waals surface area contributed by atoms with Crippen molar-refractivity contribution in [1.82, 2.24) is 0 Å². The number of hydrogen-bond donors (Lipinski definition) is 0. The Hall–Kier alpha value is -3.71. The Kier molecular flexibility index (Phi) is 6.07. The first-order valence-electron chi connectivity index (χ1n) is 13.3. The fourth-order valence-electron chi connectivity index (χ4n) is 6.82. The molecule has 1 saturated heterocycles. The van der Waals surface area contributed by atoms with Crippen LogP contribution in [0.15, 0.2) is 71.2 Å². The first-order chi connectivity index (χ1) is 19.0. The van der Waals surface area contributed by atoms with E-state index in [2.05, 4.69) is 15.9 Å². The molecular formula is C33H30BrNO5. The minimum absolute atomic E-state index is 0.0648. The maximum absolute atomic E-state index is 14.7. The quantitative estimate of drug-likeness (QED) is 0.318. The van der Waals surface area contributed by atoms with E-state index in [4.69, 9.17) is 9.47 Å². The van der Waals surface area contributed by atoms with Crippen molar-refractivity contribution in [2.75, 3.05) is 19.1 Å². The van der Waals surface area contributed by atoms with Crippen molar-refractivity contribution in [2.24, 2.45) is 10.8 Å². The van der Waals surface area contributed by atoms with Gasteiger partial charge in [0, 0.05) is 38.2 Å². The van der Waals surface area contributed by atoms with Crippen LogP contribution in [0.4, 0.5) is 5.69 Å². The van der Waals surface area contributed by atoms with E-state index < -0.39 is 28.8 Å². The van der Waals surface area contributed by atoms with Crippen LogP contribution in [0.5, 0.6) is 11.5 Å². The third kappa shape index (κ3) is 3.49. The minimum atomic E-state index is -1.59. The average molecular weight is 601 g/mol. The molecule has 0 N–H and O–H groups in total. The van der Waals surface area contributed by atoms with Crippen LogP contribution in [0.3, 0.4) is 0 Å². The molecule has 40 heavy (non-hydrogen) atoms. The van der Waals surface area contributed by atoms with Gasteiger partial charge in [0.25, 0.3) is 0 Å². The van der Waals surface area contributed by atoms with Gasteiger partial charge in [0.05, 0.1) is 26.3 Å². The van der Waals surface area contributed by atoms with Crippen molar-refractivity contribution in [3.05, 3.63) is 93.5 Å². The number of benzene rings is 3. The maximum Gasteiger partial charge on any atom is 0.180 e. The summed E-state index contributed by atoms with van der Waals surface area (Å²) in [6.45, 7) is 5.64. The SMILES string of the molecule is COc1ccc(OC)c([C@@H]2[C@@H](C(=O)C(C)(C)C)N3c4ccc(Br)cc4C=C[C@@H]3C23C(=O)c2ccccc2C3=O)c1. The summed E-state index contributed by atoms with van der Waals surface area (Å²) in [5, 5.41) is 0. The van der Waals surface area contributed by atoms with E-state index in [9.17, 15) is 14.4 Å². The van der Waals surface area contributed by atoms with Crippen LogP contribution in [0.1, 0.15) is 58.5 Å². The molecule has 3 aromatic carbocycles. The lowest BCUT2D eigenvalue weighted by Crippen LogP contribution is -2.49. The molecule has 0 aromatic heterocycles. The van der Waals surface area contributed by atoms with E-state index in [1.54, 1.807) is 50.6 Å². The van der Waals surface area contributed by atoms with Crippen LogP contribution in [0.2, 0.25) is 0 Å². The number of carbonyl (C=O) groups excluding carboxylic acids is 3. The number of anilines is 1. The Morgan fingerprint density at radius 3 is 2.20 bits per heavy atom. The molecule has 1 spiro atoms. The molecule has 0 amide bonds. The summed E-state index contributed by atoms with van der Waals surface area (Å²) in [5.74, 6) is -0.410. The summed E-state index contributed by atoms with van der Waals surface area (Å²) >= 11 is 3.56. The Morgan fingerprint density at radius 2 is 1.60 bits per heavy atom. The first kappa shape index (κ1) is 26.5. The van der Waals surface area contributed by atoms with Gasteiger partial charge >= 0.3 is 0 Å². The fourth-order valence-corrected chi connectivity index (χ4v) is 7.20. The second-order valence-corrected chi connectivity index (χ2v) is 12.5. The number of carbonyl (C=O) groups is 3. The van der Waals surface area contributed by atoms with E-state index in [-0.39, 0.29) is 17.3 Å².